The Morgan fingerprint density at radius 2 is 1.83 bits per heavy atom. The van der Waals surface area contributed by atoms with Crippen molar-refractivity contribution in [2.45, 2.75) is 16.5 Å². The van der Waals surface area contributed by atoms with Crippen LogP contribution >= 0.6 is 23.2 Å². The predicted octanol–water partition coefficient (Wildman–Crippen LogP) is 3.86. The van der Waals surface area contributed by atoms with Crippen LogP contribution < -0.4 is 0 Å². The summed E-state index contributed by atoms with van der Waals surface area (Å²) >= 11 is 12.7. The second kappa shape index (κ2) is 6.90. The molecular formula is C17H11Cl2N5O4S. The molecule has 2 heterocycles. The zero-order valence-corrected chi connectivity index (χ0v) is 17.0. The summed E-state index contributed by atoms with van der Waals surface area (Å²) in [5.41, 5.74) is 0.699. The molecule has 0 fully saturated rings. The zero-order valence-electron chi connectivity index (χ0n) is 14.7. The Labute approximate surface area is 173 Å². The monoisotopic (exact) mass is 451 g/mol. The van der Waals surface area contributed by atoms with Gasteiger partial charge in [0.15, 0.2) is 25.3 Å². The molecule has 4 aromatic rings. The number of hydrogen-bond acceptors (Lipinski definition) is 7. The summed E-state index contributed by atoms with van der Waals surface area (Å²) in [7, 11) is -4.02. The van der Waals surface area contributed by atoms with Crippen LogP contribution in [0.1, 0.15) is 15.8 Å². The van der Waals surface area contributed by atoms with Crippen molar-refractivity contribution < 1.29 is 13.3 Å². The smallest absolute Gasteiger partial charge is 0.258 e. The molecule has 9 nitrogen and oxygen atoms in total. The first-order chi connectivity index (χ1) is 13.7. The second-order valence-corrected chi connectivity index (χ2v) is 9.33. The minimum absolute atomic E-state index is 0.00903. The normalized spacial score (nSPS) is 13.1. The fourth-order valence-electron chi connectivity index (χ4n) is 3.02. The standard InChI is InChI=1S/C17H11Cl2N5O4S/c1-9-2-4-10(5-3-9)29(27,28)16(19)11-6-7-12(24(25)26)14-13(11)15(18)22-23-8-20-21-17(14)23/h2-8,16H,1H3. The van der Waals surface area contributed by atoms with Crippen molar-refractivity contribution in [1.82, 2.24) is 19.8 Å². The van der Waals surface area contributed by atoms with Crippen molar-refractivity contribution in [3.05, 3.63) is 69.1 Å². The highest BCUT2D eigenvalue weighted by Gasteiger charge is 2.32. The van der Waals surface area contributed by atoms with Crippen molar-refractivity contribution in [2.24, 2.45) is 0 Å². The molecule has 12 heteroatoms. The van der Waals surface area contributed by atoms with E-state index in [2.05, 4.69) is 15.3 Å². The average Bonchev–Trinajstić information content (AvgIpc) is 3.15. The summed E-state index contributed by atoms with van der Waals surface area (Å²) in [6, 6.07) is 8.64. The topological polar surface area (TPSA) is 120 Å². The minimum Gasteiger partial charge on any atom is -0.258 e. The molecule has 2 aromatic carbocycles. The number of non-ortho nitro benzene ring substituents is 1. The summed E-state index contributed by atoms with van der Waals surface area (Å²) in [5.74, 6) is 0. The number of aryl methyl sites for hydroxylation is 1. The van der Waals surface area contributed by atoms with Crippen LogP contribution in [0.15, 0.2) is 47.6 Å². The van der Waals surface area contributed by atoms with Crippen LogP contribution in [-0.2, 0) is 9.84 Å². The highest BCUT2D eigenvalue weighted by Crippen LogP contribution is 2.42. The van der Waals surface area contributed by atoms with E-state index in [0.29, 0.717) is 0 Å². The summed E-state index contributed by atoms with van der Waals surface area (Å²) in [6.45, 7) is 1.83. The van der Waals surface area contributed by atoms with Gasteiger partial charge in [-0.05, 0) is 30.7 Å². The molecule has 0 amide bonds. The molecule has 0 N–H and O–H groups in total. The molecule has 0 spiro atoms. The molecule has 0 saturated carbocycles. The number of nitro groups is 1. The molecule has 0 aliphatic heterocycles. The van der Waals surface area contributed by atoms with Crippen LogP contribution in [0.2, 0.25) is 5.15 Å². The van der Waals surface area contributed by atoms with E-state index >= 15 is 0 Å². The minimum atomic E-state index is -4.02. The van der Waals surface area contributed by atoms with Crippen LogP contribution in [0.5, 0.6) is 0 Å². The third kappa shape index (κ3) is 3.09. The molecule has 1 unspecified atom stereocenters. The lowest BCUT2D eigenvalue weighted by Gasteiger charge is -2.15. The van der Waals surface area contributed by atoms with Crippen LogP contribution in [-0.4, -0.2) is 33.2 Å². The molecule has 4 rings (SSSR count). The van der Waals surface area contributed by atoms with Gasteiger partial charge in [-0.2, -0.15) is 9.61 Å². The fraction of sp³-hybridized carbons (Fsp3) is 0.118. The van der Waals surface area contributed by atoms with Crippen LogP contribution in [0.25, 0.3) is 16.4 Å². The van der Waals surface area contributed by atoms with E-state index in [1.54, 1.807) is 12.1 Å². The summed E-state index contributed by atoms with van der Waals surface area (Å²) in [4.78, 5) is 11.0. The summed E-state index contributed by atoms with van der Waals surface area (Å²) in [5, 5.41) is 23.0. The highest BCUT2D eigenvalue weighted by atomic mass is 35.5. The van der Waals surface area contributed by atoms with E-state index in [0.717, 1.165) is 5.56 Å². The molecule has 1 atom stereocenters. The Hall–Kier alpha value is -2.82. The van der Waals surface area contributed by atoms with Gasteiger partial charge in [-0.15, -0.1) is 10.2 Å². The van der Waals surface area contributed by atoms with E-state index in [1.807, 2.05) is 6.92 Å². The number of fused-ring (bicyclic) bond motifs is 3. The molecule has 0 bridgehead atoms. The molecule has 0 aliphatic rings. The Morgan fingerprint density at radius 3 is 2.48 bits per heavy atom. The third-order valence-corrected chi connectivity index (χ3v) is 7.37. The van der Waals surface area contributed by atoms with E-state index in [1.165, 1.54) is 35.1 Å². The zero-order chi connectivity index (χ0) is 20.9. The number of alkyl halides is 1. The molecule has 0 aliphatic carbocycles. The lowest BCUT2D eigenvalue weighted by Crippen LogP contribution is -2.10. The van der Waals surface area contributed by atoms with Crippen molar-refractivity contribution in [1.29, 1.82) is 0 Å². The molecule has 29 heavy (non-hydrogen) atoms. The van der Waals surface area contributed by atoms with Gasteiger partial charge in [0.2, 0.25) is 0 Å². The molecule has 2 aromatic heterocycles. The lowest BCUT2D eigenvalue weighted by molar-refractivity contribution is -0.383. The number of hydrogen-bond donors (Lipinski definition) is 0. The Kier molecular flexibility index (Phi) is 4.64. The Bertz CT molecular complexity index is 1390. The van der Waals surface area contributed by atoms with Gasteiger partial charge in [-0.3, -0.25) is 10.1 Å². The van der Waals surface area contributed by atoms with E-state index in [4.69, 9.17) is 23.2 Å². The van der Waals surface area contributed by atoms with Gasteiger partial charge >= 0.3 is 0 Å². The van der Waals surface area contributed by atoms with Crippen molar-refractivity contribution in [3.8, 4) is 0 Å². The van der Waals surface area contributed by atoms with Gasteiger partial charge < -0.3 is 0 Å². The van der Waals surface area contributed by atoms with Gasteiger partial charge in [-0.1, -0.05) is 40.9 Å². The van der Waals surface area contributed by atoms with E-state index < -0.39 is 19.5 Å². The van der Waals surface area contributed by atoms with Crippen molar-refractivity contribution in [2.75, 3.05) is 0 Å². The Morgan fingerprint density at radius 1 is 1.14 bits per heavy atom. The average molecular weight is 452 g/mol. The first kappa shape index (κ1) is 19.5. The number of benzene rings is 2. The second-order valence-electron chi connectivity index (χ2n) is 6.25. The highest BCUT2D eigenvalue weighted by molar-refractivity contribution is 7.92. The number of aromatic nitrogens is 4. The van der Waals surface area contributed by atoms with Crippen LogP contribution in [0.4, 0.5) is 5.69 Å². The Balaban J connectivity index is 2.03. The maximum atomic E-state index is 13.1. The van der Waals surface area contributed by atoms with Crippen LogP contribution in [0.3, 0.4) is 0 Å². The lowest BCUT2D eigenvalue weighted by atomic mass is 10.1. The predicted molar refractivity (Wildman–Crippen MR) is 107 cm³/mol. The molecule has 0 radical (unpaired) electrons. The third-order valence-electron chi connectivity index (χ3n) is 4.43. The largest absolute Gasteiger partial charge is 0.281 e. The maximum Gasteiger partial charge on any atom is 0.281 e. The number of nitrogens with zero attached hydrogens (tertiary/aromatic N) is 5. The number of sulfone groups is 1. The van der Waals surface area contributed by atoms with Crippen LogP contribution in [0, 0.1) is 17.0 Å². The van der Waals surface area contributed by atoms with Gasteiger partial charge in [0.1, 0.15) is 11.7 Å². The quantitative estimate of drug-likeness (QED) is 0.262. The SMILES string of the molecule is Cc1ccc(S(=O)(=O)C(Cl)c2ccc([N+](=O)[O-])c3c2c(Cl)nn2cnnc32)cc1. The maximum absolute atomic E-state index is 13.1. The fourth-order valence-corrected chi connectivity index (χ4v) is 5.09. The number of halogens is 2. The number of rotatable bonds is 4. The first-order valence-electron chi connectivity index (χ1n) is 8.13. The molecule has 148 valence electrons. The van der Waals surface area contributed by atoms with Crippen molar-refractivity contribution in [3.63, 3.8) is 0 Å². The molecule has 0 saturated heterocycles. The van der Waals surface area contributed by atoms with Crippen molar-refractivity contribution >= 4 is 55.1 Å². The van der Waals surface area contributed by atoms with E-state index in [-0.39, 0.29) is 37.7 Å². The van der Waals surface area contributed by atoms with Gasteiger partial charge in [0.25, 0.3) is 5.69 Å². The number of nitro benzene ring substituents is 1. The van der Waals surface area contributed by atoms with E-state index in [9.17, 15) is 18.5 Å². The summed E-state index contributed by atoms with van der Waals surface area (Å²) < 4.78 is 25.8. The van der Waals surface area contributed by atoms with Gasteiger partial charge in [0, 0.05) is 11.5 Å². The van der Waals surface area contributed by atoms with Gasteiger partial charge in [0.05, 0.1) is 9.82 Å². The van der Waals surface area contributed by atoms with Gasteiger partial charge in [-0.25, -0.2) is 8.42 Å². The molecular weight excluding hydrogens is 441 g/mol. The first-order valence-corrected chi connectivity index (χ1v) is 10.5. The summed E-state index contributed by atoms with van der Waals surface area (Å²) in [6.07, 6.45) is 1.23.